The number of pyridine rings is 1. The average molecular weight is 339 g/mol. The van der Waals surface area contributed by atoms with Crippen LogP contribution in [-0.4, -0.2) is 39.8 Å². The maximum atomic E-state index is 11.9. The molecular weight excluding hydrogens is 322 g/mol. The standard InChI is InChI=1S/C17H17N5O3/c1-24-13-6-4-5-12(9-13)10-25-11-15(23)19-17-20-16(21-22-17)14-7-2-3-8-18-14/h2-9H,10-11H2,1H3,(H2,19,20,21,22,23). The molecule has 0 radical (unpaired) electrons. The second kappa shape index (κ2) is 8.02. The Hall–Kier alpha value is -3.26. The Balaban J connectivity index is 1.49. The molecule has 0 aliphatic carbocycles. The fourth-order valence-electron chi connectivity index (χ4n) is 2.13. The van der Waals surface area contributed by atoms with Crippen molar-refractivity contribution in [2.45, 2.75) is 6.61 Å². The lowest BCUT2D eigenvalue weighted by atomic mass is 10.2. The van der Waals surface area contributed by atoms with Gasteiger partial charge in [0.05, 0.1) is 13.7 Å². The number of H-pyrrole nitrogens is 1. The SMILES string of the molecule is COc1cccc(COCC(=O)Nc2nnc(-c3ccccn3)[nH]2)c1. The highest BCUT2D eigenvalue weighted by Crippen LogP contribution is 2.14. The first kappa shape index (κ1) is 16.6. The molecule has 3 rings (SSSR count). The molecule has 128 valence electrons. The molecule has 8 heteroatoms. The Morgan fingerprint density at radius 1 is 1.20 bits per heavy atom. The van der Waals surface area contributed by atoms with Crippen molar-refractivity contribution >= 4 is 11.9 Å². The van der Waals surface area contributed by atoms with Gasteiger partial charge in [-0.1, -0.05) is 18.2 Å². The molecule has 0 aliphatic heterocycles. The third kappa shape index (κ3) is 4.61. The predicted octanol–water partition coefficient (Wildman–Crippen LogP) is 2.03. The molecule has 3 aromatic rings. The van der Waals surface area contributed by atoms with E-state index in [-0.39, 0.29) is 18.5 Å². The van der Waals surface area contributed by atoms with Crippen LogP contribution in [0.4, 0.5) is 5.95 Å². The van der Waals surface area contributed by atoms with E-state index in [0.29, 0.717) is 18.1 Å². The van der Waals surface area contributed by atoms with E-state index in [4.69, 9.17) is 9.47 Å². The third-order valence-corrected chi connectivity index (χ3v) is 3.29. The Kier molecular flexibility index (Phi) is 5.32. The van der Waals surface area contributed by atoms with Gasteiger partial charge in [-0.05, 0) is 29.8 Å². The van der Waals surface area contributed by atoms with Crippen LogP contribution in [0.25, 0.3) is 11.5 Å². The lowest BCUT2D eigenvalue weighted by molar-refractivity contribution is -0.121. The number of aromatic nitrogens is 4. The molecule has 0 unspecified atom stereocenters. The second-order valence-corrected chi connectivity index (χ2v) is 5.13. The molecule has 1 amide bonds. The highest BCUT2D eigenvalue weighted by Gasteiger charge is 2.09. The summed E-state index contributed by atoms with van der Waals surface area (Å²) in [6.45, 7) is 0.205. The number of carbonyl (C=O) groups excluding carboxylic acids is 1. The molecule has 0 saturated carbocycles. The van der Waals surface area contributed by atoms with E-state index in [1.807, 2.05) is 36.4 Å². The van der Waals surface area contributed by atoms with Crippen molar-refractivity contribution in [1.29, 1.82) is 0 Å². The first-order valence-corrected chi connectivity index (χ1v) is 7.59. The molecule has 0 saturated heterocycles. The van der Waals surface area contributed by atoms with E-state index in [9.17, 15) is 4.79 Å². The Labute approximate surface area is 144 Å². The van der Waals surface area contributed by atoms with Gasteiger partial charge in [0.25, 0.3) is 5.91 Å². The molecule has 0 aliphatic rings. The normalized spacial score (nSPS) is 10.4. The summed E-state index contributed by atoms with van der Waals surface area (Å²) in [5.41, 5.74) is 1.56. The van der Waals surface area contributed by atoms with Crippen molar-refractivity contribution in [2.24, 2.45) is 0 Å². The molecule has 8 nitrogen and oxygen atoms in total. The Morgan fingerprint density at radius 3 is 2.92 bits per heavy atom. The number of nitrogens with zero attached hydrogens (tertiary/aromatic N) is 3. The molecule has 1 aromatic carbocycles. The van der Waals surface area contributed by atoms with Crippen LogP contribution < -0.4 is 10.1 Å². The lowest BCUT2D eigenvalue weighted by Crippen LogP contribution is -2.19. The van der Waals surface area contributed by atoms with Crippen LogP contribution in [0, 0.1) is 0 Å². The number of methoxy groups -OCH3 is 1. The van der Waals surface area contributed by atoms with E-state index in [0.717, 1.165) is 11.3 Å². The zero-order valence-electron chi connectivity index (χ0n) is 13.6. The summed E-state index contributed by atoms with van der Waals surface area (Å²) in [7, 11) is 1.60. The number of rotatable bonds is 7. The topological polar surface area (TPSA) is 102 Å². The summed E-state index contributed by atoms with van der Waals surface area (Å²) in [6, 6.07) is 12.9. The van der Waals surface area contributed by atoms with Gasteiger partial charge in [-0.2, -0.15) is 0 Å². The van der Waals surface area contributed by atoms with Crippen LogP contribution in [0.1, 0.15) is 5.56 Å². The van der Waals surface area contributed by atoms with Crippen molar-refractivity contribution in [1.82, 2.24) is 20.2 Å². The van der Waals surface area contributed by atoms with Gasteiger partial charge in [-0.25, -0.2) is 0 Å². The van der Waals surface area contributed by atoms with Gasteiger partial charge in [0.1, 0.15) is 18.1 Å². The molecule has 25 heavy (non-hydrogen) atoms. The molecular formula is C17H17N5O3. The molecule has 0 atom stereocenters. The van der Waals surface area contributed by atoms with Crippen LogP contribution in [0.15, 0.2) is 48.7 Å². The van der Waals surface area contributed by atoms with E-state index in [1.165, 1.54) is 0 Å². The minimum absolute atomic E-state index is 0.100. The minimum Gasteiger partial charge on any atom is -0.497 e. The number of amides is 1. The molecule has 2 N–H and O–H groups in total. The minimum atomic E-state index is -0.327. The molecule has 0 bridgehead atoms. The van der Waals surface area contributed by atoms with E-state index < -0.39 is 0 Å². The van der Waals surface area contributed by atoms with E-state index >= 15 is 0 Å². The average Bonchev–Trinajstić information content (AvgIpc) is 3.11. The van der Waals surface area contributed by atoms with Crippen LogP contribution >= 0.6 is 0 Å². The maximum absolute atomic E-state index is 11.9. The Bertz CT molecular complexity index is 835. The van der Waals surface area contributed by atoms with Crippen LogP contribution in [0.2, 0.25) is 0 Å². The van der Waals surface area contributed by atoms with E-state index in [1.54, 1.807) is 19.4 Å². The number of hydrogen-bond donors (Lipinski definition) is 2. The quantitative estimate of drug-likeness (QED) is 0.683. The fraction of sp³-hybridized carbons (Fsp3) is 0.176. The zero-order chi connectivity index (χ0) is 17.5. The zero-order valence-corrected chi connectivity index (χ0v) is 13.6. The number of aromatic amines is 1. The number of carbonyl (C=O) groups is 1. The lowest BCUT2D eigenvalue weighted by Gasteiger charge is -2.06. The number of nitrogens with one attached hydrogen (secondary N) is 2. The van der Waals surface area contributed by atoms with Gasteiger partial charge in [0.2, 0.25) is 5.95 Å². The summed E-state index contributed by atoms with van der Waals surface area (Å²) >= 11 is 0. The number of benzene rings is 1. The summed E-state index contributed by atoms with van der Waals surface area (Å²) in [4.78, 5) is 19.0. The van der Waals surface area contributed by atoms with Gasteiger partial charge >= 0.3 is 0 Å². The third-order valence-electron chi connectivity index (χ3n) is 3.29. The van der Waals surface area contributed by atoms with Crippen LogP contribution in [0.3, 0.4) is 0 Å². The van der Waals surface area contributed by atoms with E-state index in [2.05, 4.69) is 25.5 Å². The first-order chi connectivity index (χ1) is 12.2. The van der Waals surface area contributed by atoms with Crippen molar-refractivity contribution < 1.29 is 14.3 Å². The summed E-state index contributed by atoms with van der Waals surface area (Å²) in [5.74, 6) is 1.14. The highest BCUT2D eigenvalue weighted by molar-refractivity contribution is 5.90. The van der Waals surface area contributed by atoms with Crippen molar-refractivity contribution in [3.8, 4) is 17.3 Å². The number of hydrogen-bond acceptors (Lipinski definition) is 6. The van der Waals surface area contributed by atoms with Gasteiger partial charge in [-0.15, -0.1) is 10.2 Å². The first-order valence-electron chi connectivity index (χ1n) is 7.59. The Morgan fingerprint density at radius 2 is 2.12 bits per heavy atom. The summed E-state index contributed by atoms with van der Waals surface area (Å²) in [5, 5.41) is 10.4. The molecule has 0 spiro atoms. The monoisotopic (exact) mass is 339 g/mol. The summed E-state index contributed by atoms with van der Waals surface area (Å²) < 4.78 is 10.5. The molecule has 0 fully saturated rings. The number of ether oxygens (including phenoxy) is 2. The predicted molar refractivity (Wildman–Crippen MR) is 90.9 cm³/mol. The maximum Gasteiger partial charge on any atom is 0.252 e. The second-order valence-electron chi connectivity index (χ2n) is 5.13. The van der Waals surface area contributed by atoms with Crippen molar-refractivity contribution in [2.75, 3.05) is 19.0 Å². The van der Waals surface area contributed by atoms with Gasteiger partial charge in [0.15, 0.2) is 5.82 Å². The molecule has 2 aromatic heterocycles. The molecule has 2 heterocycles. The number of anilines is 1. The fourth-order valence-corrected chi connectivity index (χ4v) is 2.13. The van der Waals surface area contributed by atoms with Gasteiger partial charge in [-0.3, -0.25) is 15.1 Å². The van der Waals surface area contributed by atoms with Crippen molar-refractivity contribution in [3.05, 3.63) is 54.2 Å². The summed E-state index contributed by atoms with van der Waals surface area (Å²) in [6.07, 6.45) is 1.66. The smallest absolute Gasteiger partial charge is 0.252 e. The van der Waals surface area contributed by atoms with Gasteiger partial charge in [0, 0.05) is 6.20 Å². The largest absolute Gasteiger partial charge is 0.497 e. The van der Waals surface area contributed by atoms with Gasteiger partial charge < -0.3 is 14.5 Å². The van der Waals surface area contributed by atoms with Crippen LogP contribution in [0.5, 0.6) is 5.75 Å². The highest BCUT2D eigenvalue weighted by atomic mass is 16.5. The van der Waals surface area contributed by atoms with Crippen LogP contribution in [-0.2, 0) is 16.1 Å². The van der Waals surface area contributed by atoms with Crippen molar-refractivity contribution in [3.63, 3.8) is 0 Å².